The Bertz CT molecular complexity index is 1140. The van der Waals surface area contributed by atoms with E-state index in [2.05, 4.69) is 10.3 Å². The third kappa shape index (κ3) is 3.24. The number of ether oxygens (including phenoxy) is 2. The SMILES string of the molecule is COc1ccc(-c2c(C)c3c(c(C)c2CC(=O)O)NCc2cc(OC)cnc2-3)cc1. The molecule has 6 heteroatoms. The summed E-state index contributed by atoms with van der Waals surface area (Å²) in [4.78, 5) is 16.4. The highest BCUT2D eigenvalue weighted by atomic mass is 16.5. The van der Waals surface area contributed by atoms with E-state index in [1.165, 1.54) is 0 Å². The predicted molar refractivity (Wildman–Crippen MR) is 116 cm³/mol. The van der Waals surface area contributed by atoms with Crippen molar-refractivity contribution >= 4 is 11.7 Å². The number of pyridine rings is 1. The van der Waals surface area contributed by atoms with Crippen molar-refractivity contribution in [1.29, 1.82) is 0 Å². The van der Waals surface area contributed by atoms with Crippen LogP contribution in [-0.2, 0) is 17.8 Å². The zero-order valence-electron chi connectivity index (χ0n) is 17.5. The molecule has 0 atom stereocenters. The Morgan fingerprint density at radius 1 is 1.07 bits per heavy atom. The van der Waals surface area contributed by atoms with Crippen LogP contribution in [0, 0.1) is 13.8 Å². The fourth-order valence-electron chi connectivity index (χ4n) is 4.25. The number of carboxylic acids is 1. The van der Waals surface area contributed by atoms with Crippen molar-refractivity contribution in [2.24, 2.45) is 0 Å². The zero-order chi connectivity index (χ0) is 21.4. The lowest BCUT2D eigenvalue weighted by Crippen LogP contribution is -2.16. The summed E-state index contributed by atoms with van der Waals surface area (Å²) in [5.41, 5.74) is 8.56. The van der Waals surface area contributed by atoms with E-state index in [1.54, 1.807) is 20.4 Å². The third-order valence-electron chi connectivity index (χ3n) is 5.71. The first-order valence-electron chi connectivity index (χ1n) is 9.74. The second kappa shape index (κ2) is 7.71. The van der Waals surface area contributed by atoms with Gasteiger partial charge in [0.05, 0.1) is 32.5 Å². The smallest absolute Gasteiger partial charge is 0.307 e. The van der Waals surface area contributed by atoms with Gasteiger partial charge < -0.3 is 19.9 Å². The molecule has 0 unspecified atom stereocenters. The van der Waals surface area contributed by atoms with Gasteiger partial charge in [-0.15, -0.1) is 0 Å². The number of hydrogen-bond acceptors (Lipinski definition) is 5. The fraction of sp³-hybridized carbons (Fsp3) is 0.250. The molecule has 0 aliphatic carbocycles. The van der Waals surface area contributed by atoms with Gasteiger partial charge in [0, 0.05) is 23.4 Å². The molecule has 0 saturated heterocycles. The summed E-state index contributed by atoms with van der Waals surface area (Å²) in [6, 6.07) is 9.71. The van der Waals surface area contributed by atoms with Crippen LogP contribution >= 0.6 is 0 Å². The maximum atomic E-state index is 11.7. The van der Waals surface area contributed by atoms with Gasteiger partial charge in [0.25, 0.3) is 0 Å². The number of nitrogens with one attached hydrogen (secondary N) is 1. The average molecular weight is 404 g/mol. The molecule has 6 nitrogen and oxygen atoms in total. The third-order valence-corrected chi connectivity index (χ3v) is 5.71. The molecule has 0 bridgehead atoms. The molecule has 0 saturated carbocycles. The van der Waals surface area contributed by atoms with Crippen LogP contribution in [0.5, 0.6) is 11.5 Å². The van der Waals surface area contributed by atoms with Crippen LogP contribution in [0.1, 0.15) is 22.3 Å². The largest absolute Gasteiger partial charge is 0.497 e. The van der Waals surface area contributed by atoms with E-state index in [9.17, 15) is 9.90 Å². The summed E-state index contributed by atoms with van der Waals surface area (Å²) in [5, 5.41) is 13.1. The van der Waals surface area contributed by atoms with Crippen molar-refractivity contribution < 1.29 is 19.4 Å². The van der Waals surface area contributed by atoms with Gasteiger partial charge in [-0.3, -0.25) is 9.78 Å². The molecule has 2 aromatic carbocycles. The van der Waals surface area contributed by atoms with Crippen molar-refractivity contribution in [3.05, 3.63) is 58.8 Å². The van der Waals surface area contributed by atoms with E-state index >= 15 is 0 Å². The van der Waals surface area contributed by atoms with Gasteiger partial charge in [-0.1, -0.05) is 12.1 Å². The number of methoxy groups -OCH3 is 2. The van der Waals surface area contributed by atoms with Gasteiger partial charge in [-0.2, -0.15) is 0 Å². The minimum Gasteiger partial charge on any atom is -0.497 e. The van der Waals surface area contributed by atoms with E-state index < -0.39 is 5.97 Å². The second-order valence-electron chi connectivity index (χ2n) is 7.39. The lowest BCUT2D eigenvalue weighted by atomic mass is 9.82. The number of carboxylic acid groups (broad SMARTS) is 1. The lowest BCUT2D eigenvalue weighted by Gasteiger charge is -2.28. The maximum Gasteiger partial charge on any atom is 0.307 e. The Morgan fingerprint density at radius 3 is 2.40 bits per heavy atom. The summed E-state index contributed by atoms with van der Waals surface area (Å²) in [6.45, 7) is 4.62. The molecular weight excluding hydrogens is 380 g/mol. The number of hydrogen-bond donors (Lipinski definition) is 2. The molecular formula is C24H24N2O4. The minimum absolute atomic E-state index is 0.0497. The quantitative estimate of drug-likeness (QED) is 0.647. The Labute approximate surface area is 175 Å². The van der Waals surface area contributed by atoms with Crippen molar-refractivity contribution in [2.45, 2.75) is 26.8 Å². The summed E-state index contributed by atoms with van der Waals surface area (Å²) in [5.74, 6) is 0.615. The average Bonchev–Trinajstić information content (AvgIpc) is 2.76. The molecule has 1 aliphatic rings. The Balaban J connectivity index is 2.01. The highest BCUT2D eigenvalue weighted by Crippen LogP contribution is 2.46. The summed E-state index contributed by atoms with van der Waals surface area (Å²) < 4.78 is 10.6. The molecule has 1 aliphatic heterocycles. The molecule has 30 heavy (non-hydrogen) atoms. The van der Waals surface area contributed by atoms with Gasteiger partial charge in [0.2, 0.25) is 0 Å². The summed E-state index contributed by atoms with van der Waals surface area (Å²) in [7, 11) is 3.25. The molecule has 4 rings (SSSR count). The highest BCUT2D eigenvalue weighted by molar-refractivity contribution is 5.94. The van der Waals surface area contributed by atoms with Crippen LogP contribution < -0.4 is 14.8 Å². The lowest BCUT2D eigenvalue weighted by molar-refractivity contribution is -0.136. The number of carbonyl (C=O) groups is 1. The zero-order valence-corrected chi connectivity index (χ0v) is 17.5. The number of benzene rings is 2. The van der Waals surface area contributed by atoms with E-state index in [0.717, 1.165) is 56.1 Å². The molecule has 3 aromatic rings. The van der Waals surface area contributed by atoms with Gasteiger partial charge in [-0.05, 0) is 59.9 Å². The fourth-order valence-corrected chi connectivity index (χ4v) is 4.25. The monoisotopic (exact) mass is 404 g/mol. The molecule has 0 amide bonds. The van der Waals surface area contributed by atoms with E-state index in [1.807, 2.05) is 44.2 Å². The van der Waals surface area contributed by atoms with Crippen LogP contribution in [0.25, 0.3) is 22.4 Å². The van der Waals surface area contributed by atoms with Crippen LogP contribution in [0.15, 0.2) is 36.5 Å². The van der Waals surface area contributed by atoms with Crippen molar-refractivity contribution in [3.63, 3.8) is 0 Å². The van der Waals surface area contributed by atoms with Crippen LogP contribution in [0.3, 0.4) is 0 Å². The minimum atomic E-state index is -0.855. The Hall–Kier alpha value is -3.54. The molecule has 1 aromatic heterocycles. The summed E-state index contributed by atoms with van der Waals surface area (Å²) in [6.07, 6.45) is 1.67. The molecule has 0 spiro atoms. The van der Waals surface area contributed by atoms with E-state index in [-0.39, 0.29) is 6.42 Å². The first-order valence-corrected chi connectivity index (χ1v) is 9.74. The molecule has 2 heterocycles. The first kappa shape index (κ1) is 19.8. The number of anilines is 1. The van der Waals surface area contributed by atoms with Crippen molar-refractivity contribution in [1.82, 2.24) is 4.98 Å². The first-order chi connectivity index (χ1) is 14.4. The van der Waals surface area contributed by atoms with Crippen LogP contribution in [0.4, 0.5) is 5.69 Å². The second-order valence-corrected chi connectivity index (χ2v) is 7.39. The molecule has 2 N–H and O–H groups in total. The molecule has 0 fully saturated rings. The number of aliphatic carboxylic acids is 1. The predicted octanol–water partition coefficient (Wildman–Crippen LogP) is 4.60. The van der Waals surface area contributed by atoms with Crippen LogP contribution in [-0.4, -0.2) is 30.3 Å². The van der Waals surface area contributed by atoms with Crippen LogP contribution in [0.2, 0.25) is 0 Å². The van der Waals surface area contributed by atoms with E-state index in [4.69, 9.17) is 9.47 Å². The summed E-state index contributed by atoms with van der Waals surface area (Å²) >= 11 is 0. The number of fused-ring (bicyclic) bond motifs is 3. The molecule has 0 radical (unpaired) electrons. The topological polar surface area (TPSA) is 80.7 Å². The van der Waals surface area contributed by atoms with Crippen molar-refractivity contribution in [2.75, 3.05) is 19.5 Å². The number of rotatable bonds is 5. The Kier molecular flexibility index (Phi) is 5.08. The van der Waals surface area contributed by atoms with Crippen molar-refractivity contribution in [3.8, 4) is 33.9 Å². The Morgan fingerprint density at radius 2 is 1.77 bits per heavy atom. The normalized spacial score (nSPS) is 11.9. The maximum absolute atomic E-state index is 11.7. The number of nitrogens with zero attached hydrogens (tertiary/aromatic N) is 1. The van der Waals surface area contributed by atoms with Gasteiger partial charge in [0.15, 0.2) is 0 Å². The van der Waals surface area contributed by atoms with Gasteiger partial charge in [0.1, 0.15) is 11.5 Å². The van der Waals surface area contributed by atoms with Gasteiger partial charge >= 0.3 is 5.97 Å². The van der Waals surface area contributed by atoms with E-state index in [0.29, 0.717) is 12.3 Å². The highest BCUT2D eigenvalue weighted by Gasteiger charge is 2.27. The van der Waals surface area contributed by atoms with Gasteiger partial charge in [-0.25, -0.2) is 0 Å². The number of aromatic nitrogens is 1. The standard InChI is InChI=1S/C24H24N2O4/c1-13-19(10-20(27)28)21(15-5-7-17(29-3)8-6-15)14(2)22-23(13)25-11-16-9-18(30-4)12-26-24(16)22/h5-9,12,25H,10-11H2,1-4H3,(H,27,28). The molecule has 154 valence electrons.